The molecule has 0 spiro atoms. The van der Waals surface area contributed by atoms with Crippen molar-refractivity contribution in [3.05, 3.63) is 35.9 Å². The molecule has 0 unspecified atom stereocenters. The number of rotatable bonds is 6. The molecule has 0 amide bonds. The highest BCUT2D eigenvalue weighted by Gasteiger charge is 2.27. The van der Waals surface area contributed by atoms with Gasteiger partial charge in [-0.3, -0.25) is 9.59 Å². The maximum Gasteiger partial charge on any atom is 0.361 e. The normalized spacial score (nSPS) is 10.2. The van der Waals surface area contributed by atoms with Gasteiger partial charge in [-0.1, -0.05) is 57.0 Å². The Hall–Kier alpha value is -1.58. The first kappa shape index (κ1) is 20.4. The van der Waals surface area contributed by atoms with E-state index in [1.165, 1.54) is 0 Å². The van der Waals surface area contributed by atoms with Crippen LogP contribution in [0.4, 0.5) is 0 Å². The summed E-state index contributed by atoms with van der Waals surface area (Å²) in [5.74, 6) is -0.0793. The van der Waals surface area contributed by atoms with Gasteiger partial charge in [-0.15, -0.1) is 0 Å². The molecule has 122 valence electrons. The first-order chi connectivity index (χ1) is 10.3. The predicted octanol–water partition coefficient (Wildman–Crippen LogP) is 4.89. The van der Waals surface area contributed by atoms with E-state index >= 15 is 0 Å². The van der Waals surface area contributed by atoms with Crippen LogP contribution >= 0.6 is 0 Å². The molecule has 0 aromatic heterocycles. The molecule has 0 atom stereocenters. The minimum Gasteiger partial charge on any atom is -0.536 e. The van der Waals surface area contributed by atoms with Gasteiger partial charge in [0.1, 0.15) is 6.29 Å². The van der Waals surface area contributed by atoms with Crippen LogP contribution in [0.5, 0.6) is 0 Å². The minimum atomic E-state index is -0.375. The lowest BCUT2D eigenvalue weighted by atomic mass is 9.60. The van der Waals surface area contributed by atoms with E-state index in [1.54, 1.807) is 12.1 Å². The van der Waals surface area contributed by atoms with Crippen LogP contribution in [0.3, 0.4) is 0 Å². The van der Waals surface area contributed by atoms with Crippen molar-refractivity contribution in [2.45, 2.75) is 60.1 Å². The van der Waals surface area contributed by atoms with Gasteiger partial charge < -0.3 is 4.65 Å². The van der Waals surface area contributed by atoms with Crippen LogP contribution in [0.25, 0.3) is 0 Å². The lowest BCUT2D eigenvalue weighted by Crippen LogP contribution is -2.30. The van der Waals surface area contributed by atoms with E-state index in [1.807, 2.05) is 39.0 Å². The molecule has 1 aromatic rings. The topological polar surface area (TPSA) is 43.4 Å². The molecule has 0 heterocycles. The zero-order valence-corrected chi connectivity index (χ0v) is 14.6. The monoisotopic (exact) mass is 304 g/mol. The van der Waals surface area contributed by atoms with Gasteiger partial charge in [0.2, 0.25) is 0 Å². The lowest BCUT2D eigenvalue weighted by Gasteiger charge is -2.21. The molecule has 3 nitrogen and oxygen atoms in total. The van der Waals surface area contributed by atoms with Crippen molar-refractivity contribution < 1.29 is 14.2 Å². The third kappa shape index (κ3) is 9.38. The van der Waals surface area contributed by atoms with Crippen LogP contribution < -0.4 is 0 Å². The molecule has 1 aromatic carbocycles. The van der Waals surface area contributed by atoms with Crippen molar-refractivity contribution in [2.24, 2.45) is 5.41 Å². The highest BCUT2D eigenvalue weighted by atomic mass is 16.5. The smallest absolute Gasteiger partial charge is 0.361 e. The minimum absolute atomic E-state index is 0.0793. The van der Waals surface area contributed by atoms with Crippen LogP contribution in [-0.2, 0) is 9.45 Å². The molecule has 0 bridgehead atoms. The average Bonchev–Trinajstić information content (AvgIpc) is 2.48. The molecule has 0 aliphatic heterocycles. The van der Waals surface area contributed by atoms with E-state index < -0.39 is 0 Å². The van der Waals surface area contributed by atoms with E-state index in [0.29, 0.717) is 0 Å². The number of hydrogen-bond donors (Lipinski definition) is 0. The van der Waals surface area contributed by atoms with E-state index in [0.717, 1.165) is 37.3 Å². The zero-order chi connectivity index (χ0) is 17.0. The Kier molecular flexibility index (Phi) is 10.3. The highest BCUT2D eigenvalue weighted by molar-refractivity contribution is 6.53. The van der Waals surface area contributed by atoms with E-state index in [-0.39, 0.29) is 18.3 Å². The van der Waals surface area contributed by atoms with Crippen molar-refractivity contribution in [1.82, 2.24) is 0 Å². The van der Waals surface area contributed by atoms with Gasteiger partial charge in [-0.25, -0.2) is 0 Å². The number of benzene rings is 1. The summed E-state index contributed by atoms with van der Waals surface area (Å²) < 4.78 is 5.46. The number of carbonyl (C=O) groups is 2. The van der Waals surface area contributed by atoms with Gasteiger partial charge in [0.25, 0.3) is 5.97 Å². The maximum atomic E-state index is 11.6. The van der Waals surface area contributed by atoms with Crippen molar-refractivity contribution in [1.29, 1.82) is 0 Å². The van der Waals surface area contributed by atoms with Gasteiger partial charge in [0.05, 0.1) is 5.41 Å². The Balaban J connectivity index is 0.000000461. The summed E-state index contributed by atoms with van der Waals surface area (Å²) in [5.41, 5.74) is 0.354. The molecule has 1 rings (SSSR count). The Morgan fingerprint density at radius 2 is 1.59 bits per heavy atom. The van der Waals surface area contributed by atoms with Crippen molar-refractivity contribution in [3.63, 3.8) is 0 Å². The van der Waals surface area contributed by atoms with Gasteiger partial charge >= 0.3 is 6.92 Å². The second kappa shape index (κ2) is 11.1. The van der Waals surface area contributed by atoms with Gasteiger partial charge in [-0.05, 0) is 33.4 Å². The van der Waals surface area contributed by atoms with Crippen molar-refractivity contribution >= 4 is 19.2 Å². The third-order valence-corrected chi connectivity index (χ3v) is 3.04. The molecule has 0 saturated carbocycles. The molecular formula is C18H29BO3. The van der Waals surface area contributed by atoms with Gasteiger partial charge in [0, 0.05) is 5.56 Å². The summed E-state index contributed by atoms with van der Waals surface area (Å²) in [4.78, 5) is 21.6. The molecule has 0 N–H and O–H groups in total. The highest BCUT2D eigenvalue weighted by Crippen LogP contribution is 2.18. The largest absolute Gasteiger partial charge is 0.536 e. The van der Waals surface area contributed by atoms with Crippen LogP contribution in [0.2, 0.25) is 12.6 Å². The first-order valence-electron chi connectivity index (χ1n) is 8.06. The standard InChI is InChI=1S/C11H23BO2.C7H6O/c1-6-8-12(9-7-2)14-10(13)11(3,4)5;8-6-7-4-2-1-3-5-7/h6-9H2,1-5H3;1-6H. The Labute approximate surface area is 135 Å². The van der Waals surface area contributed by atoms with Gasteiger partial charge in [0.15, 0.2) is 0 Å². The fraction of sp³-hybridized carbons (Fsp3) is 0.556. The molecule has 0 aliphatic rings. The summed E-state index contributed by atoms with van der Waals surface area (Å²) in [6.45, 7) is 10.0. The molecule has 22 heavy (non-hydrogen) atoms. The quantitative estimate of drug-likeness (QED) is 0.555. The number of hydrogen-bond acceptors (Lipinski definition) is 3. The summed E-state index contributed by atoms with van der Waals surface area (Å²) in [7, 11) is 0. The van der Waals surface area contributed by atoms with Crippen LogP contribution in [0.15, 0.2) is 30.3 Å². The number of carbonyl (C=O) groups excluding carboxylic acids is 2. The third-order valence-electron chi connectivity index (χ3n) is 3.04. The molecule has 4 heteroatoms. The fourth-order valence-corrected chi connectivity index (χ4v) is 1.77. The molecular weight excluding hydrogens is 275 g/mol. The molecule has 0 fully saturated rings. The Bertz CT molecular complexity index is 418. The fourth-order valence-electron chi connectivity index (χ4n) is 1.77. The lowest BCUT2D eigenvalue weighted by molar-refractivity contribution is -0.143. The SMILES string of the molecule is CCCB(CCC)OC(=O)C(C)(C)C.O=Cc1ccccc1. The van der Waals surface area contributed by atoms with E-state index in [2.05, 4.69) is 13.8 Å². The van der Waals surface area contributed by atoms with E-state index in [4.69, 9.17) is 4.65 Å². The summed E-state index contributed by atoms with van der Waals surface area (Å²) in [6.07, 6.45) is 4.94. The van der Waals surface area contributed by atoms with E-state index in [9.17, 15) is 9.59 Å². The van der Waals surface area contributed by atoms with Crippen LogP contribution in [0.1, 0.15) is 57.8 Å². The molecule has 0 radical (unpaired) electrons. The van der Waals surface area contributed by atoms with Crippen LogP contribution in [-0.4, -0.2) is 19.2 Å². The molecule has 0 aliphatic carbocycles. The van der Waals surface area contributed by atoms with Gasteiger partial charge in [-0.2, -0.15) is 0 Å². The second-order valence-electron chi connectivity index (χ2n) is 6.38. The summed E-state index contributed by atoms with van der Waals surface area (Å²) in [6, 6.07) is 9.10. The average molecular weight is 304 g/mol. The van der Waals surface area contributed by atoms with Crippen molar-refractivity contribution in [2.75, 3.05) is 0 Å². The summed E-state index contributed by atoms with van der Waals surface area (Å²) in [5, 5.41) is 0. The Morgan fingerprint density at radius 1 is 1.09 bits per heavy atom. The summed E-state index contributed by atoms with van der Waals surface area (Å²) >= 11 is 0. The predicted molar refractivity (Wildman–Crippen MR) is 93.3 cm³/mol. The Morgan fingerprint density at radius 3 is 1.91 bits per heavy atom. The van der Waals surface area contributed by atoms with Crippen LogP contribution in [0, 0.1) is 5.41 Å². The second-order valence-corrected chi connectivity index (χ2v) is 6.38. The first-order valence-corrected chi connectivity index (χ1v) is 8.06. The van der Waals surface area contributed by atoms with Crippen molar-refractivity contribution in [3.8, 4) is 0 Å². The zero-order valence-electron chi connectivity index (χ0n) is 14.6. The molecule has 0 saturated heterocycles. The maximum absolute atomic E-state index is 11.6. The number of aldehydes is 1.